The van der Waals surface area contributed by atoms with E-state index in [-0.39, 0.29) is 24.4 Å². The van der Waals surface area contributed by atoms with Crippen LogP contribution in [-0.2, 0) is 19.1 Å². The molecule has 1 aromatic rings. The zero-order valence-corrected chi connectivity index (χ0v) is 16.3. The molecule has 0 saturated heterocycles. The van der Waals surface area contributed by atoms with Gasteiger partial charge in [0.1, 0.15) is 11.7 Å². The third-order valence-electron chi connectivity index (χ3n) is 6.22. The molecule has 0 unspecified atom stereocenters. The maximum Gasteiger partial charge on any atom is 0.303 e. The SMILES string of the molecule is C=CCC1=C[C@]2(OC)[C@H](OC(C)=O)[C@H](C1=O)[C@@H](c1ccc3c(c1)OCO3)[C@@H]2C. The quantitative estimate of drug-likeness (QED) is 0.574. The highest BCUT2D eigenvalue weighted by Gasteiger charge is 2.65. The predicted octanol–water partition coefficient (Wildman–Crippen LogP) is 3.17. The first-order chi connectivity index (χ1) is 13.4. The molecule has 148 valence electrons. The summed E-state index contributed by atoms with van der Waals surface area (Å²) in [6.07, 6.45) is 3.33. The molecular weight excluding hydrogens is 360 g/mol. The number of fused-ring (bicyclic) bond motifs is 3. The second-order valence-electron chi connectivity index (χ2n) is 7.57. The Labute approximate surface area is 164 Å². The maximum absolute atomic E-state index is 13.4. The van der Waals surface area contributed by atoms with Gasteiger partial charge in [0.05, 0.1) is 5.92 Å². The van der Waals surface area contributed by atoms with Crippen molar-refractivity contribution in [1.82, 2.24) is 0 Å². The average molecular weight is 384 g/mol. The normalized spacial score (nSPS) is 32.8. The molecule has 1 heterocycles. The monoisotopic (exact) mass is 384 g/mol. The lowest BCUT2D eigenvalue weighted by atomic mass is 9.78. The van der Waals surface area contributed by atoms with Crippen LogP contribution in [0.1, 0.15) is 31.7 Å². The minimum atomic E-state index is -0.871. The standard InChI is InChI=1S/C22H24O6/c1-5-6-15-10-22(25-4)12(2)18(19(20(15)24)21(22)28-13(3)23)14-7-8-16-17(9-14)27-11-26-16/h5,7-10,12,18-19,21H,1,6,11H2,2-4H3/t12-,18+,19-,21+,22+/m0/s1. The Morgan fingerprint density at radius 2 is 2.07 bits per heavy atom. The van der Waals surface area contributed by atoms with Gasteiger partial charge in [-0.05, 0) is 35.8 Å². The fourth-order valence-electron chi connectivity index (χ4n) is 5.03. The zero-order valence-electron chi connectivity index (χ0n) is 16.3. The molecule has 0 amide bonds. The van der Waals surface area contributed by atoms with E-state index in [4.69, 9.17) is 18.9 Å². The number of hydrogen-bond donors (Lipinski definition) is 0. The van der Waals surface area contributed by atoms with Crippen LogP contribution in [0, 0.1) is 11.8 Å². The molecule has 1 aromatic carbocycles. The Kier molecular flexibility index (Phi) is 4.54. The molecule has 6 nitrogen and oxygen atoms in total. The third kappa shape index (κ3) is 2.58. The van der Waals surface area contributed by atoms with Crippen molar-refractivity contribution in [2.45, 2.75) is 37.9 Å². The Morgan fingerprint density at radius 3 is 2.75 bits per heavy atom. The number of carbonyl (C=O) groups is 2. The topological polar surface area (TPSA) is 71.1 Å². The van der Waals surface area contributed by atoms with E-state index in [1.54, 1.807) is 13.2 Å². The summed E-state index contributed by atoms with van der Waals surface area (Å²) in [5.41, 5.74) is 0.726. The fraction of sp³-hybridized carbons (Fsp3) is 0.455. The van der Waals surface area contributed by atoms with Crippen molar-refractivity contribution in [3.63, 3.8) is 0 Å². The van der Waals surface area contributed by atoms with Crippen molar-refractivity contribution in [2.75, 3.05) is 13.9 Å². The lowest BCUT2D eigenvalue weighted by molar-refractivity contribution is -0.166. The highest BCUT2D eigenvalue weighted by Crippen LogP contribution is 2.58. The number of esters is 1. The van der Waals surface area contributed by atoms with Gasteiger partial charge in [-0.15, -0.1) is 6.58 Å². The van der Waals surface area contributed by atoms with Crippen LogP contribution in [0.5, 0.6) is 11.5 Å². The van der Waals surface area contributed by atoms with Crippen molar-refractivity contribution in [1.29, 1.82) is 0 Å². The third-order valence-corrected chi connectivity index (χ3v) is 6.22. The molecule has 2 aliphatic carbocycles. The van der Waals surface area contributed by atoms with Crippen molar-refractivity contribution < 1.29 is 28.5 Å². The Bertz CT molecular complexity index is 872. The summed E-state index contributed by atoms with van der Waals surface area (Å²) < 4.78 is 22.6. The summed E-state index contributed by atoms with van der Waals surface area (Å²) in [5, 5.41) is 0. The van der Waals surface area contributed by atoms with Gasteiger partial charge >= 0.3 is 5.97 Å². The minimum Gasteiger partial charge on any atom is -0.458 e. The summed E-state index contributed by atoms with van der Waals surface area (Å²) >= 11 is 0. The van der Waals surface area contributed by atoms with Gasteiger partial charge in [0.2, 0.25) is 6.79 Å². The molecule has 5 atom stereocenters. The molecule has 0 N–H and O–H groups in total. The van der Waals surface area contributed by atoms with Gasteiger partial charge in [-0.3, -0.25) is 9.59 Å². The van der Waals surface area contributed by atoms with E-state index < -0.39 is 23.6 Å². The van der Waals surface area contributed by atoms with Gasteiger partial charge in [0, 0.05) is 25.9 Å². The first kappa shape index (κ1) is 18.7. The Hall–Kier alpha value is -2.60. The largest absolute Gasteiger partial charge is 0.458 e. The molecule has 1 aliphatic heterocycles. The molecule has 2 bridgehead atoms. The van der Waals surface area contributed by atoms with Crippen LogP contribution < -0.4 is 9.47 Å². The van der Waals surface area contributed by atoms with Crippen molar-refractivity contribution in [3.05, 3.63) is 48.1 Å². The van der Waals surface area contributed by atoms with Gasteiger partial charge in [-0.2, -0.15) is 0 Å². The molecule has 0 spiro atoms. The number of carbonyl (C=O) groups excluding carboxylic acids is 2. The second-order valence-corrected chi connectivity index (χ2v) is 7.57. The van der Waals surface area contributed by atoms with Crippen LogP contribution in [0.3, 0.4) is 0 Å². The van der Waals surface area contributed by atoms with Gasteiger partial charge < -0.3 is 18.9 Å². The molecule has 1 saturated carbocycles. The first-order valence-corrected chi connectivity index (χ1v) is 9.41. The number of benzene rings is 1. The number of ketones is 1. The number of Topliss-reactive ketones (excluding diaryl/α,β-unsaturated/α-hetero) is 1. The average Bonchev–Trinajstić information content (AvgIpc) is 3.19. The summed E-state index contributed by atoms with van der Waals surface area (Å²) in [4.78, 5) is 25.2. The fourth-order valence-corrected chi connectivity index (χ4v) is 5.03. The van der Waals surface area contributed by atoms with Gasteiger partial charge in [-0.25, -0.2) is 0 Å². The number of rotatable bonds is 5. The van der Waals surface area contributed by atoms with Crippen LogP contribution in [0.4, 0.5) is 0 Å². The van der Waals surface area contributed by atoms with E-state index in [1.807, 2.05) is 31.2 Å². The van der Waals surface area contributed by atoms with E-state index in [1.165, 1.54) is 6.92 Å². The summed E-state index contributed by atoms with van der Waals surface area (Å²) in [7, 11) is 1.60. The van der Waals surface area contributed by atoms with E-state index in [0.717, 1.165) is 5.56 Å². The summed E-state index contributed by atoms with van der Waals surface area (Å²) in [6, 6.07) is 5.72. The van der Waals surface area contributed by atoms with Crippen LogP contribution >= 0.6 is 0 Å². The summed E-state index contributed by atoms with van der Waals surface area (Å²) in [5.74, 6) is 0.0808. The smallest absolute Gasteiger partial charge is 0.303 e. The molecule has 1 fully saturated rings. The van der Waals surface area contributed by atoms with Crippen LogP contribution in [0.25, 0.3) is 0 Å². The second kappa shape index (κ2) is 6.78. The zero-order chi connectivity index (χ0) is 20.1. The molecule has 4 rings (SSSR count). The maximum atomic E-state index is 13.4. The molecule has 0 radical (unpaired) electrons. The number of hydrogen-bond acceptors (Lipinski definition) is 6. The Balaban J connectivity index is 1.84. The van der Waals surface area contributed by atoms with E-state index in [2.05, 4.69) is 6.58 Å². The number of methoxy groups -OCH3 is 1. The lowest BCUT2D eigenvalue weighted by Gasteiger charge is -2.38. The van der Waals surface area contributed by atoms with Crippen molar-refractivity contribution >= 4 is 11.8 Å². The molecular formula is C22H24O6. The first-order valence-electron chi connectivity index (χ1n) is 9.41. The predicted molar refractivity (Wildman–Crippen MR) is 101 cm³/mol. The molecule has 3 aliphatic rings. The van der Waals surface area contributed by atoms with Crippen LogP contribution in [0.15, 0.2) is 42.5 Å². The van der Waals surface area contributed by atoms with Gasteiger partial charge in [0.25, 0.3) is 0 Å². The van der Waals surface area contributed by atoms with Gasteiger partial charge in [0.15, 0.2) is 17.3 Å². The lowest BCUT2D eigenvalue weighted by Crippen LogP contribution is -2.50. The molecule has 6 heteroatoms. The Morgan fingerprint density at radius 1 is 1.32 bits per heavy atom. The number of ether oxygens (including phenoxy) is 4. The van der Waals surface area contributed by atoms with Crippen molar-refractivity contribution in [2.24, 2.45) is 11.8 Å². The van der Waals surface area contributed by atoms with E-state index >= 15 is 0 Å². The molecule has 0 aromatic heterocycles. The van der Waals surface area contributed by atoms with E-state index in [0.29, 0.717) is 23.5 Å². The minimum absolute atomic E-state index is 0.0224. The highest BCUT2D eigenvalue weighted by molar-refractivity contribution is 6.01. The van der Waals surface area contributed by atoms with E-state index in [9.17, 15) is 9.59 Å². The van der Waals surface area contributed by atoms with Gasteiger partial charge in [-0.1, -0.05) is 19.1 Å². The van der Waals surface area contributed by atoms with Crippen LogP contribution in [0.2, 0.25) is 0 Å². The highest BCUT2D eigenvalue weighted by atomic mass is 16.7. The molecule has 28 heavy (non-hydrogen) atoms. The van der Waals surface area contributed by atoms with Crippen molar-refractivity contribution in [3.8, 4) is 11.5 Å². The summed E-state index contributed by atoms with van der Waals surface area (Å²) in [6.45, 7) is 7.34. The van der Waals surface area contributed by atoms with Crippen LogP contribution in [-0.4, -0.2) is 37.4 Å². The number of allylic oxidation sites excluding steroid dienone is 2.